The average molecular weight is 390 g/mol. The van der Waals surface area contributed by atoms with E-state index in [1.54, 1.807) is 18.2 Å². The lowest BCUT2D eigenvalue weighted by molar-refractivity contribution is -0.123. The molecular formula is C20H24ClN3O3. The molecule has 0 spiro atoms. The zero-order valence-electron chi connectivity index (χ0n) is 15.3. The van der Waals surface area contributed by atoms with Gasteiger partial charge in [-0.1, -0.05) is 24.3 Å². The number of hydrogen-bond donors (Lipinski definition) is 3. The molecule has 27 heavy (non-hydrogen) atoms. The molecule has 2 amide bonds. The second-order valence-electron chi connectivity index (χ2n) is 6.30. The highest BCUT2D eigenvalue weighted by molar-refractivity contribution is 6.05. The number of nitrogens with one attached hydrogen (secondary N) is 3. The van der Waals surface area contributed by atoms with Crippen molar-refractivity contribution in [2.45, 2.75) is 26.0 Å². The molecule has 1 aliphatic rings. The molecule has 0 bridgehead atoms. The van der Waals surface area contributed by atoms with Crippen LogP contribution in [0.15, 0.2) is 48.5 Å². The van der Waals surface area contributed by atoms with Gasteiger partial charge < -0.3 is 20.7 Å². The average Bonchev–Trinajstić information content (AvgIpc) is 2.66. The minimum atomic E-state index is -0.397. The Balaban J connectivity index is 0.00000261. The molecular weight excluding hydrogens is 366 g/mol. The summed E-state index contributed by atoms with van der Waals surface area (Å²) in [6.07, 6.45) is -0.190. The highest BCUT2D eigenvalue weighted by Gasteiger charge is 2.28. The summed E-state index contributed by atoms with van der Waals surface area (Å²) in [4.78, 5) is 24.9. The standard InChI is InChI=1S/C20H23N3O3.ClH/c1-13-16(22-19(24)15-7-4-3-5-8-15)9-6-10-17(13)23-20(25)18-14(2)26-12-11-21-18;/h3-10,14,18,21H,11-12H2,1-2H3,(H,22,24)(H,23,25);1H/t14-,18+;/m1./s1. The van der Waals surface area contributed by atoms with Crippen LogP contribution in [0.3, 0.4) is 0 Å². The van der Waals surface area contributed by atoms with Crippen LogP contribution < -0.4 is 16.0 Å². The van der Waals surface area contributed by atoms with Gasteiger partial charge in [0, 0.05) is 23.5 Å². The zero-order chi connectivity index (χ0) is 18.5. The number of ether oxygens (including phenoxy) is 1. The Labute approximate surface area is 165 Å². The highest BCUT2D eigenvalue weighted by Crippen LogP contribution is 2.24. The van der Waals surface area contributed by atoms with E-state index in [1.807, 2.05) is 44.2 Å². The normalized spacial score (nSPS) is 18.9. The third-order valence-corrected chi connectivity index (χ3v) is 4.47. The van der Waals surface area contributed by atoms with Crippen molar-refractivity contribution < 1.29 is 14.3 Å². The molecule has 1 aliphatic heterocycles. The van der Waals surface area contributed by atoms with Gasteiger partial charge in [-0.25, -0.2) is 0 Å². The molecule has 1 heterocycles. The number of carbonyl (C=O) groups excluding carboxylic acids is 2. The summed E-state index contributed by atoms with van der Waals surface area (Å²) in [5.41, 5.74) is 2.71. The van der Waals surface area contributed by atoms with Crippen molar-refractivity contribution in [1.82, 2.24) is 5.32 Å². The van der Waals surface area contributed by atoms with Crippen LogP contribution in [-0.4, -0.2) is 37.1 Å². The molecule has 2 aromatic rings. The van der Waals surface area contributed by atoms with Gasteiger partial charge in [-0.15, -0.1) is 12.4 Å². The fourth-order valence-electron chi connectivity index (χ4n) is 2.93. The van der Waals surface area contributed by atoms with E-state index < -0.39 is 6.04 Å². The van der Waals surface area contributed by atoms with Crippen molar-refractivity contribution >= 4 is 35.6 Å². The number of halogens is 1. The van der Waals surface area contributed by atoms with E-state index in [2.05, 4.69) is 16.0 Å². The Bertz CT molecular complexity index is 798. The summed E-state index contributed by atoms with van der Waals surface area (Å²) < 4.78 is 5.52. The van der Waals surface area contributed by atoms with E-state index in [1.165, 1.54) is 0 Å². The summed E-state index contributed by atoms with van der Waals surface area (Å²) in [6, 6.07) is 14.1. The first-order valence-corrected chi connectivity index (χ1v) is 8.68. The Hall–Kier alpha value is -2.41. The molecule has 3 rings (SSSR count). The molecule has 0 aliphatic carbocycles. The third-order valence-electron chi connectivity index (χ3n) is 4.47. The smallest absolute Gasteiger partial charge is 0.255 e. The largest absolute Gasteiger partial charge is 0.375 e. The minimum absolute atomic E-state index is 0. The second kappa shape index (κ2) is 9.50. The van der Waals surface area contributed by atoms with Gasteiger partial charge in [0.2, 0.25) is 5.91 Å². The lowest BCUT2D eigenvalue weighted by atomic mass is 10.1. The number of rotatable bonds is 4. The van der Waals surface area contributed by atoms with Crippen LogP contribution in [0, 0.1) is 6.92 Å². The van der Waals surface area contributed by atoms with Crippen LogP contribution in [-0.2, 0) is 9.53 Å². The van der Waals surface area contributed by atoms with E-state index in [9.17, 15) is 9.59 Å². The van der Waals surface area contributed by atoms with Gasteiger partial charge in [-0.05, 0) is 43.7 Å². The van der Waals surface area contributed by atoms with Crippen molar-refractivity contribution in [3.05, 3.63) is 59.7 Å². The maximum Gasteiger partial charge on any atom is 0.255 e. The first-order chi connectivity index (χ1) is 12.6. The molecule has 1 saturated heterocycles. The van der Waals surface area contributed by atoms with Gasteiger partial charge in [0.25, 0.3) is 5.91 Å². The van der Waals surface area contributed by atoms with Gasteiger partial charge in [0.15, 0.2) is 0 Å². The first-order valence-electron chi connectivity index (χ1n) is 8.68. The van der Waals surface area contributed by atoms with Crippen LogP contribution in [0.4, 0.5) is 11.4 Å². The summed E-state index contributed by atoms with van der Waals surface area (Å²) in [7, 11) is 0. The quantitative estimate of drug-likeness (QED) is 0.751. The maximum absolute atomic E-state index is 12.5. The van der Waals surface area contributed by atoms with Crippen molar-refractivity contribution in [2.24, 2.45) is 0 Å². The Morgan fingerprint density at radius 3 is 2.37 bits per heavy atom. The summed E-state index contributed by atoms with van der Waals surface area (Å²) in [5.74, 6) is -0.333. The number of morpholine rings is 1. The third kappa shape index (κ3) is 5.07. The highest BCUT2D eigenvalue weighted by atomic mass is 35.5. The lowest BCUT2D eigenvalue weighted by Gasteiger charge is -2.29. The number of hydrogen-bond acceptors (Lipinski definition) is 4. The Morgan fingerprint density at radius 1 is 1.04 bits per heavy atom. The van der Waals surface area contributed by atoms with E-state index in [0.717, 1.165) is 5.56 Å². The fourth-order valence-corrected chi connectivity index (χ4v) is 2.93. The SMILES string of the molecule is Cc1c(NC(=O)c2ccccc2)cccc1NC(=O)[C@H]1NCCO[C@@H]1C.Cl. The summed E-state index contributed by atoms with van der Waals surface area (Å²) in [6.45, 7) is 4.99. The molecule has 6 nitrogen and oxygen atoms in total. The maximum atomic E-state index is 12.5. The number of benzene rings is 2. The van der Waals surface area contributed by atoms with Gasteiger partial charge >= 0.3 is 0 Å². The minimum Gasteiger partial charge on any atom is -0.375 e. The summed E-state index contributed by atoms with van der Waals surface area (Å²) in [5, 5.41) is 9.00. The van der Waals surface area contributed by atoms with E-state index >= 15 is 0 Å². The van der Waals surface area contributed by atoms with E-state index in [0.29, 0.717) is 30.1 Å². The van der Waals surface area contributed by atoms with E-state index in [4.69, 9.17) is 4.74 Å². The van der Waals surface area contributed by atoms with Crippen LogP contribution in [0.5, 0.6) is 0 Å². The van der Waals surface area contributed by atoms with Gasteiger partial charge in [0.05, 0.1) is 12.7 Å². The van der Waals surface area contributed by atoms with Gasteiger partial charge in [-0.2, -0.15) is 0 Å². The molecule has 144 valence electrons. The van der Waals surface area contributed by atoms with Crippen molar-refractivity contribution in [2.75, 3.05) is 23.8 Å². The van der Waals surface area contributed by atoms with Crippen molar-refractivity contribution in [3.63, 3.8) is 0 Å². The molecule has 3 N–H and O–H groups in total. The number of amides is 2. The topological polar surface area (TPSA) is 79.5 Å². The van der Waals surface area contributed by atoms with Gasteiger partial charge in [-0.3, -0.25) is 9.59 Å². The Morgan fingerprint density at radius 2 is 1.70 bits per heavy atom. The molecule has 2 aromatic carbocycles. The fraction of sp³-hybridized carbons (Fsp3) is 0.300. The molecule has 0 radical (unpaired) electrons. The molecule has 1 fully saturated rings. The molecule has 7 heteroatoms. The zero-order valence-corrected chi connectivity index (χ0v) is 16.1. The Kier molecular flexibility index (Phi) is 7.36. The van der Waals surface area contributed by atoms with Gasteiger partial charge in [0.1, 0.15) is 6.04 Å². The number of carbonyl (C=O) groups is 2. The first kappa shape index (κ1) is 20.9. The predicted octanol–water partition coefficient (Wildman–Crippen LogP) is 2.98. The summed E-state index contributed by atoms with van der Waals surface area (Å²) >= 11 is 0. The van der Waals surface area contributed by atoms with Crippen LogP contribution in [0.25, 0.3) is 0 Å². The molecule has 0 saturated carbocycles. The lowest BCUT2D eigenvalue weighted by Crippen LogP contribution is -2.53. The molecule has 0 unspecified atom stereocenters. The second-order valence-corrected chi connectivity index (χ2v) is 6.30. The molecule has 2 atom stereocenters. The van der Waals surface area contributed by atoms with Crippen LogP contribution in [0.2, 0.25) is 0 Å². The van der Waals surface area contributed by atoms with Crippen LogP contribution >= 0.6 is 12.4 Å². The van der Waals surface area contributed by atoms with E-state index in [-0.39, 0.29) is 30.3 Å². The molecule has 0 aromatic heterocycles. The van der Waals surface area contributed by atoms with Crippen molar-refractivity contribution in [1.29, 1.82) is 0 Å². The number of anilines is 2. The predicted molar refractivity (Wildman–Crippen MR) is 109 cm³/mol. The monoisotopic (exact) mass is 389 g/mol. The van der Waals surface area contributed by atoms with Crippen LogP contribution in [0.1, 0.15) is 22.8 Å². The van der Waals surface area contributed by atoms with Crippen molar-refractivity contribution in [3.8, 4) is 0 Å².